The van der Waals surface area contributed by atoms with Gasteiger partial charge in [0.25, 0.3) is 0 Å². The number of amides is 2. The second-order valence-corrected chi connectivity index (χ2v) is 11.4. The van der Waals surface area contributed by atoms with Gasteiger partial charge in [-0.15, -0.1) is 0 Å². The molecule has 1 atom stereocenters. The number of nitrogens with zero attached hydrogens (tertiary/aromatic N) is 1. The van der Waals surface area contributed by atoms with Gasteiger partial charge in [0.15, 0.2) is 0 Å². The van der Waals surface area contributed by atoms with Gasteiger partial charge < -0.3 is 20.1 Å². The largest absolute Gasteiger partial charge is 0.474 e. The van der Waals surface area contributed by atoms with Gasteiger partial charge in [0.05, 0.1) is 0 Å². The molecule has 1 unspecified atom stereocenters. The molecule has 0 aliphatic heterocycles. The van der Waals surface area contributed by atoms with E-state index in [2.05, 4.69) is 5.32 Å². The molecule has 4 aromatic rings. The minimum absolute atomic E-state index is 0.00693. The molecule has 45 heavy (non-hydrogen) atoms. The molecule has 5 rings (SSSR count). The average Bonchev–Trinajstić information content (AvgIpc) is 3.08. The van der Waals surface area contributed by atoms with Crippen molar-refractivity contribution in [1.29, 1.82) is 0 Å². The lowest BCUT2D eigenvalue weighted by molar-refractivity contribution is -0.156. The molecule has 0 bridgehead atoms. The Kier molecular flexibility index (Phi) is 10.8. The van der Waals surface area contributed by atoms with Crippen LogP contribution in [-0.2, 0) is 20.9 Å². The predicted octanol–water partition coefficient (Wildman–Crippen LogP) is 7.91. The van der Waals surface area contributed by atoms with Crippen LogP contribution < -0.4 is 10.1 Å². The molecular formula is C38H38N2O5. The number of aliphatic carboxylic acids is 1. The third-order valence-electron chi connectivity index (χ3n) is 8.21. The zero-order chi connectivity index (χ0) is 31.4. The number of carboxylic acids is 1. The summed E-state index contributed by atoms with van der Waals surface area (Å²) in [7, 11) is 0. The first-order valence-electron chi connectivity index (χ1n) is 15.4. The van der Waals surface area contributed by atoms with Gasteiger partial charge in [-0.3, -0.25) is 9.59 Å². The zero-order valence-corrected chi connectivity index (χ0v) is 25.2. The van der Waals surface area contributed by atoms with Gasteiger partial charge in [-0.25, -0.2) is 4.79 Å². The number of rotatable bonds is 11. The van der Waals surface area contributed by atoms with E-state index in [9.17, 15) is 19.5 Å². The Bertz CT molecular complexity index is 1580. The van der Waals surface area contributed by atoms with E-state index in [1.807, 2.05) is 84.9 Å². The summed E-state index contributed by atoms with van der Waals surface area (Å²) in [6.45, 7) is 0.575. The average molecular weight is 603 g/mol. The van der Waals surface area contributed by atoms with E-state index in [4.69, 9.17) is 4.74 Å². The number of hydrogen-bond acceptors (Lipinski definition) is 4. The van der Waals surface area contributed by atoms with Crippen molar-refractivity contribution in [1.82, 2.24) is 4.90 Å². The SMILES string of the molecule is O=C(/C=C/c1ccc(C(CN(Cc2ccccc2)C(=O)C(=O)O)C2CCCCC2)cc1)Nc1ccc(Oc2ccccc2)cc1. The van der Waals surface area contributed by atoms with Crippen LogP contribution in [0.3, 0.4) is 0 Å². The van der Waals surface area contributed by atoms with Crippen LogP contribution >= 0.6 is 0 Å². The number of anilines is 1. The molecule has 7 heteroatoms. The van der Waals surface area contributed by atoms with Crippen LogP contribution in [0.2, 0.25) is 0 Å². The predicted molar refractivity (Wildman–Crippen MR) is 176 cm³/mol. The summed E-state index contributed by atoms with van der Waals surface area (Å²) in [6, 6.07) is 34.2. The number of carbonyl (C=O) groups excluding carboxylic acids is 2. The van der Waals surface area contributed by atoms with Gasteiger partial charge in [-0.1, -0.05) is 92.1 Å². The lowest BCUT2D eigenvalue weighted by atomic mass is 9.76. The fraction of sp³-hybridized carbons (Fsp3) is 0.237. The van der Waals surface area contributed by atoms with Crippen molar-refractivity contribution >= 4 is 29.5 Å². The third-order valence-corrected chi connectivity index (χ3v) is 8.21. The second kappa shape index (κ2) is 15.5. The second-order valence-electron chi connectivity index (χ2n) is 11.4. The van der Waals surface area contributed by atoms with E-state index in [1.165, 1.54) is 17.4 Å². The summed E-state index contributed by atoms with van der Waals surface area (Å²) < 4.78 is 5.81. The fourth-order valence-corrected chi connectivity index (χ4v) is 5.90. The molecule has 0 spiro atoms. The van der Waals surface area contributed by atoms with Crippen molar-refractivity contribution < 1.29 is 24.2 Å². The Morgan fingerprint density at radius 3 is 2.07 bits per heavy atom. The summed E-state index contributed by atoms with van der Waals surface area (Å²) in [5, 5.41) is 12.5. The zero-order valence-electron chi connectivity index (χ0n) is 25.2. The molecule has 4 aromatic carbocycles. The van der Waals surface area contributed by atoms with Crippen LogP contribution in [0.4, 0.5) is 5.69 Å². The van der Waals surface area contributed by atoms with Crippen LogP contribution in [0.25, 0.3) is 6.08 Å². The molecule has 1 aliphatic rings. The molecule has 0 radical (unpaired) electrons. The lowest BCUT2D eigenvalue weighted by Gasteiger charge is -2.34. The van der Waals surface area contributed by atoms with Crippen molar-refractivity contribution in [2.24, 2.45) is 5.92 Å². The molecular weight excluding hydrogens is 564 g/mol. The lowest BCUT2D eigenvalue weighted by Crippen LogP contribution is -2.40. The molecule has 1 saturated carbocycles. The van der Waals surface area contributed by atoms with Crippen molar-refractivity contribution in [2.45, 2.75) is 44.6 Å². The van der Waals surface area contributed by atoms with E-state index in [-0.39, 0.29) is 18.4 Å². The standard InChI is InChI=1S/C38H38N2O5/c41-36(39-32-21-23-34(24-22-32)45-33-14-8-3-9-15-33)25-18-28-16-19-31(20-17-28)35(30-12-6-2-7-13-30)27-40(37(42)38(43)44)26-29-10-4-1-5-11-29/h1,3-5,8-11,14-25,30,35H,2,6-7,12-13,26-27H2,(H,39,41)(H,43,44)/b25-18+. The molecule has 1 aliphatic carbocycles. The molecule has 0 saturated heterocycles. The van der Waals surface area contributed by atoms with Gasteiger partial charge in [-0.2, -0.15) is 0 Å². The summed E-state index contributed by atoms with van der Waals surface area (Å²) in [5.74, 6) is -0.794. The maximum absolute atomic E-state index is 12.8. The Morgan fingerprint density at radius 2 is 1.42 bits per heavy atom. The normalized spacial score (nSPS) is 14.0. The number of carbonyl (C=O) groups is 3. The first-order chi connectivity index (χ1) is 21.9. The summed E-state index contributed by atoms with van der Waals surface area (Å²) in [4.78, 5) is 38.6. The van der Waals surface area contributed by atoms with Crippen LogP contribution in [-0.4, -0.2) is 34.3 Å². The molecule has 0 aromatic heterocycles. The number of ether oxygens (including phenoxy) is 1. The minimum atomic E-state index is -1.44. The van der Waals surface area contributed by atoms with E-state index >= 15 is 0 Å². The van der Waals surface area contributed by atoms with Crippen molar-refractivity contribution in [3.8, 4) is 11.5 Å². The number of hydrogen-bond donors (Lipinski definition) is 2. The van der Waals surface area contributed by atoms with Crippen LogP contribution in [0.1, 0.15) is 54.7 Å². The number of para-hydroxylation sites is 1. The number of benzene rings is 4. The molecule has 1 fully saturated rings. The molecule has 2 amide bonds. The van der Waals surface area contributed by atoms with Crippen molar-refractivity contribution in [2.75, 3.05) is 11.9 Å². The highest BCUT2D eigenvalue weighted by molar-refractivity contribution is 6.31. The molecule has 2 N–H and O–H groups in total. The Morgan fingerprint density at radius 1 is 0.800 bits per heavy atom. The van der Waals surface area contributed by atoms with Gasteiger partial charge >= 0.3 is 11.9 Å². The first kappa shape index (κ1) is 31.3. The van der Waals surface area contributed by atoms with Gasteiger partial charge in [0, 0.05) is 30.8 Å². The van der Waals surface area contributed by atoms with Gasteiger partial charge in [0.1, 0.15) is 11.5 Å². The summed E-state index contributed by atoms with van der Waals surface area (Å²) in [6.07, 6.45) is 8.81. The van der Waals surface area contributed by atoms with E-state index < -0.39 is 11.9 Å². The minimum Gasteiger partial charge on any atom is -0.474 e. The maximum atomic E-state index is 12.8. The monoisotopic (exact) mass is 602 g/mol. The Labute approximate surface area is 264 Å². The number of carboxylic acid groups (broad SMARTS) is 1. The van der Waals surface area contributed by atoms with E-state index in [1.54, 1.807) is 30.3 Å². The van der Waals surface area contributed by atoms with Crippen molar-refractivity contribution in [3.63, 3.8) is 0 Å². The molecule has 0 heterocycles. The summed E-state index contributed by atoms with van der Waals surface area (Å²) in [5.41, 5.74) is 3.49. The topological polar surface area (TPSA) is 95.9 Å². The Hall–Kier alpha value is -5.17. The highest BCUT2D eigenvalue weighted by Gasteiger charge is 2.30. The smallest absolute Gasteiger partial charge is 0.394 e. The first-order valence-corrected chi connectivity index (χ1v) is 15.4. The van der Waals surface area contributed by atoms with Crippen LogP contribution in [0, 0.1) is 5.92 Å². The van der Waals surface area contributed by atoms with Crippen LogP contribution in [0.5, 0.6) is 11.5 Å². The van der Waals surface area contributed by atoms with Crippen molar-refractivity contribution in [3.05, 3.63) is 132 Å². The van der Waals surface area contributed by atoms with Crippen LogP contribution in [0.15, 0.2) is 115 Å². The maximum Gasteiger partial charge on any atom is 0.394 e. The Balaban J connectivity index is 1.24. The van der Waals surface area contributed by atoms with E-state index in [0.29, 0.717) is 23.9 Å². The number of nitrogens with one attached hydrogen (secondary N) is 1. The quantitative estimate of drug-likeness (QED) is 0.134. The highest BCUT2D eigenvalue weighted by atomic mass is 16.5. The summed E-state index contributed by atoms with van der Waals surface area (Å²) >= 11 is 0. The molecule has 7 nitrogen and oxygen atoms in total. The fourth-order valence-electron chi connectivity index (χ4n) is 5.90. The van der Waals surface area contributed by atoms with Gasteiger partial charge in [0.2, 0.25) is 5.91 Å². The molecule has 230 valence electrons. The highest BCUT2D eigenvalue weighted by Crippen LogP contribution is 2.37. The van der Waals surface area contributed by atoms with Gasteiger partial charge in [-0.05, 0) is 77.9 Å². The third kappa shape index (κ3) is 9.16. The van der Waals surface area contributed by atoms with E-state index in [0.717, 1.165) is 48.1 Å².